The van der Waals surface area contributed by atoms with Crippen LogP contribution in [0.4, 0.5) is 0 Å². The van der Waals surface area contributed by atoms with Crippen molar-refractivity contribution >= 4 is 49.5 Å². The Labute approximate surface area is 150 Å². The summed E-state index contributed by atoms with van der Waals surface area (Å²) >= 11 is 9.78. The summed E-state index contributed by atoms with van der Waals surface area (Å²) in [6.45, 7) is 0. The number of benzene rings is 1. The summed E-state index contributed by atoms with van der Waals surface area (Å²) in [4.78, 5) is 8.90. The molecule has 4 aromatic rings. The molecule has 0 bridgehead atoms. The molecule has 24 heavy (non-hydrogen) atoms. The number of rotatable bonds is 1. The Morgan fingerprint density at radius 2 is 2.08 bits per heavy atom. The summed E-state index contributed by atoms with van der Waals surface area (Å²) in [7, 11) is 1.83. The first-order valence-corrected chi connectivity index (χ1v) is 8.22. The van der Waals surface area contributed by atoms with E-state index in [9.17, 15) is 5.26 Å². The second-order valence-corrected chi connectivity index (χ2v) is 6.71. The zero-order chi connectivity index (χ0) is 16.8. The van der Waals surface area contributed by atoms with Gasteiger partial charge in [0.05, 0.1) is 16.3 Å². The van der Waals surface area contributed by atoms with Gasteiger partial charge in [0.15, 0.2) is 5.65 Å². The number of halogens is 2. The second kappa shape index (κ2) is 5.55. The third-order valence-electron chi connectivity index (χ3n) is 3.72. The summed E-state index contributed by atoms with van der Waals surface area (Å²) in [5.74, 6) is 0. The fourth-order valence-electron chi connectivity index (χ4n) is 2.68. The van der Waals surface area contributed by atoms with Crippen LogP contribution in [-0.2, 0) is 7.05 Å². The van der Waals surface area contributed by atoms with E-state index in [-0.39, 0.29) is 0 Å². The number of nitrogens with zero attached hydrogens (tertiary/aromatic N) is 5. The molecule has 0 aliphatic heterocycles. The smallest absolute Gasteiger partial charge is 0.161 e. The van der Waals surface area contributed by atoms with Crippen LogP contribution in [0.1, 0.15) is 5.56 Å². The molecule has 5 nitrogen and oxygen atoms in total. The molecule has 0 atom stereocenters. The van der Waals surface area contributed by atoms with Crippen molar-refractivity contribution in [2.75, 3.05) is 0 Å². The topological polar surface area (TPSA) is 67.4 Å². The maximum atomic E-state index is 9.41. The second-order valence-electron chi connectivity index (χ2n) is 5.39. The van der Waals surface area contributed by atoms with Crippen LogP contribution in [0.5, 0.6) is 0 Å². The van der Waals surface area contributed by atoms with E-state index in [2.05, 4.69) is 37.1 Å². The highest BCUT2D eigenvalue weighted by Crippen LogP contribution is 2.31. The summed E-state index contributed by atoms with van der Waals surface area (Å²) < 4.78 is 2.53. The fourth-order valence-corrected chi connectivity index (χ4v) is 3.25. The SMILES string of the molecule is Cn1cc2cc(-c3cc(Cl)c4cc(Br)cnc4n3)cc(C#N)c2n1. The van der Waals surface area contributed by atoms with Crippen molar-refractivity contribution in [3.05, 3.63) is 51.7 Å². The molecule has 3 heterocycles. The molecule has 3 aromatic heterocycles. The number of aryl methyl sites for hydroxylation is 1. The van der Waals surface area contributed by atoms with E-state index in [0.717, 1.165) is 20.8 Å². The van der Waals surface area contributed by atoms with E-state index in [1.54, 1.807) is 23.0 Å². The predicted octanol–water partition coefficient (Wildman–Crippen LogP) is 4.47. The van der Waals surface area contributed by atoms with Crippen LogP contribution in [0.25, 0.3) is 33.2 Å². The minimum atomic E-state index is 0.505. The number of hydrogen-bond acceptors (Lipinski definition) is 4. The van der Waals surface area contributed by atoms with Crippen LogP contribution in [0.15, 0.2) is 41.1 Å². The first-order valence-electron chi connectivity index (χ1n) is 7.05. The van der Waals surface area contributed by atoms with Crippen molar-refractivity contribution in [3.8, 4) is 17.3 Å². The van der Waals surface area contributed by atoms with E-state index in [1.165, 1.54) is 0 Å². The Morgan fingerprint density at radius 1 is 1.25 bits per heavy atom. The standard InChI is InChI=1S/C17H9BrClN5/c1-24-8-11-3-9(2-10(6-20)16(11)23-24)15-5-14(19)13-4-12(18)7-21-17(13)22-15/h2-5,7-8H,1H3. The molecule has 1 aromatic carbocycles. The molecule has 7 heteroatoms. The highest BCUT2D eigenvalue weighted by Gasteiger charge is 2.12. The van der Waals surface area contributed by atoms with Crippen LogP contribution >= 0.6 is 27.5 Å². The Bertz CT molecular complexity index is 1160. The zero-order valence-corrected chi connectivity index (χ0v) is 14.8. The average molecular weight is 399 g/mol. The Morgan fingerprint density at radius 3 is 2.88 bits per heavy atom. The van der Waals surface area contributed by atoms with Crippen molar-refractivity contribution in [2.24, 2.45) is 7.05 Å². The van der Waals surface area contributed by atoms with Gasteiger partial charge in [-0.05, 0) is 40.2 Å². The average Bonchev–Trinajstić information content (AvgIpc) is 2.94. The van der Waals surface area contributed by atoms with Gasteiger partial charge in [0.1, 0.15) is 11.6 Å². The molecule has 0 fully saturated rings. The van der Waals surface area contributed by atoms with Gasteiger partial charge in [-0.1, -0.05) is 11.6 Å². The molecule has 0 unspecified atom stereocenters. The number of pyridine rings is 2. The van der Waals surface area contributed by atoms with Gasteiger partial charge in [-0.3, -0.25) is 4.68 Å². The van der Waals surface area contributed by atoms with E-state index in [1.807, 2.05) is 25.4 Å². The normalized spacial score (nSPS) is 11.1. The van der Waals surface area contributed by atoms with Crippen LogP contribution < -0.4 is 0 Å². The molecule has 0 aliphatic carbocycles. The van der Waals surface area contributed by atoms with E-state index >= 15 is 0 Å². The van der Waals surface area contributed by atoms with Crippen molar-refractivity contribution in [1.82, 2.24) is 19.7 Å². The van der Waals surface area contributed by atoms with Gasteiger partial charge < -0.3 is 0 Å². The molecule has 0 aliphatic rings. The summed E-state index contributed by atoms with van der Waals surface area (Å²) in [5.41, 5.74) is 3.22. The highest BCUT2D eigenvalue weighted by atomic mass is 79.9. The van der Waals surface area contributed by atoms with E-state index in [0.29, 0.717) is 27.4 Å². The van der Waals surface area contributed by atoms with E-state index in [4.69, 9.17) is 11.6 Å². The number of hydrogen-bond donors (Lipinski definition) is 0. The molecule has 0 saturated carbocycles. The number of fused-ring (bicyclic) bond motifs is 2. The quantitative estimate of drug-likeness (QED) is 0.474. The number of aromatic nitrogens is 4. The molecule has 116 valence electrons. The first kappa shape index (κ1) is 15.1. The zero-order valence-electron chi connectivity index (χ0n) is 12.5. The molecule has 4 rings (SSSR count). The van der Waals surface area contributed by atoms with Crippen LogP contribution in [0.2, 0.25) is 5.02 Å². The minimum Gasteiger partial charge on any atom is -0.275 e. The molecule has 0 N–H and O–H groups in total. The van der Waals surface area contributed by atoms with Gasteiger partial charge in [-0.2, -0.15) is 10.4 Å². The lowest BCUT2D eigenvalue weighted by Gasteiger charge is -2.06. The van der Waals surface area contributed by atoms with Crippen LogP contribution in [-0.4, -0.2) is 19.7 Å². The van der Waals surface area contributed by atoms with Crippen molar-refractivity contribution in [3.63, 3.8) is 0 Å². The minimum absolute atomic E-state index is 0.505. The first-order chi connectivity index (χ1) is 11.5. The number of nitriles is 1. The summed E-state index contributed by atoms with van der Waals surface area (Å²) in [6.07, 6.45) is 3.55. The summed E-state index contributed by atoms with van der Waals surface area (Å²) in [5, 5.41) is 16.0. The van der Waals surface area contributed by atoms with Gasteiger partial charge >= 0.3 is 0 Å². The largest absolute Gasteiger partial charge is 0.275 e. The lowest BCUT2D eigenvalue weighted by molar-refractivity contribution is 0.779. The van der Waals surface area contributed by atoms with Gasteiger partial charge in [0.25, 0.3) is 0 Å². The molecular weight excluding hydrogens is 390 g/mol. The molecule has 0 radical (unpaired) electrons. The maximum absolute atomic E-state index is 9.41. The van der Waals surface area contributed by atoms with Crippen molar-refractivity contribution in [1.29, 1.82) is 5.26 Å². The third-order valence-corrected chi connectivity index (χ3v) is 4.47. The Kier molecular flexibility index (Phi) is 3.48. The molecular formula is C17H9BrClN5. The Balaban J connectivity index is 1.99. The van der Waals surface area contributed by atoms with Gasteiger partial charge in [0.2, 0.25) is 0 Å². The molecule has 0 spiro atoms. The fraction of sp³-hybridized carbons (Fsp3) is 0.0588. The molecule has 0 amide bonds. The lowest BCUT2D eigenvalue weighted by Crippen LogP contribution is -1.91. The lowest BCUT2D eigenvalue weighted by atomic mass is 10.0. The Hall–Kier alpha value is -2.49. The van der Waals surface area contributed by atoms with Crippen LogP contribution in [0, 0.1) is 11.3 Å². The van der Waals surface area contributed by atoms with Gasteiger partial charge in [-0.15, -0.1) is 0 Å². The van der Waals surface area contributed by atoms with Crippen molar-refractivity contribution in [2.45, 2.75) is 0 Å². The van der Waals surface area contributed by atoms with Gasteiger partial charge in [0, 0.05) is 40.2 Å². The maximum Gasteiger partial charge on any atom is 0.161 e. The predicted molar refractivity (Wildman–Crippen MR) is 96.7 cm³/mol. The third kappa shape index (κ3) is 2.42. The molecule has 0 saturated heterocycles. The van der Waals surface area contributed by atoms with Crippen LogP contribution in [0.3, 0.4) is 0 Å². The summed E-state index contributed by atoms with van der Waals surface area (Å²) in [6, 6.07) is 9.59. The monoisotopic (exact) mass is 397 g/mol. The highest BCUT2D eigenvalue weighted by molar-refractivity contribution is 9.10. The van der Waals surface area contributed by atoms with Crippen molar-refractivity contribution < 1.29 is 0 Å². The van der Waals surface area contributed by atoms with E-state index < -0.39 is 0 Å². The van der Waals surface area contributed by atoms with Gasteiger partial charge in [-0.25, -0.2) is 9.97 Å².